The number of benzene rings is 1. The molecule has 0 aliphatic heterocycles. The van der Waals surface area contributed by atoms with Crippen LogP contribution in [0.25, 0.3) is 10.4 Å². The van der Waals surface area contributed by atoms with Crippen LogP contribution in [0.3, 0.4) is 0 Å². The van der Waals surface area contributed by atoms with Crippen molar-refractivity contribution in [1.29, 1.82) is 0 Å². The normalized spacial score (nSPS) is 11.5. The van der Waals surface area contributed by atoms with Crippen LogP contribution >= 0.6 is 11.3 Å². The Morgan fingerprint density at radius 1 is 1.33 bits per heavy atom. The Morgan fingerprint density at radius 2 is 2.08 bits per heavy atom. The van der Waals surface area contributed by atoms with Gasteiger partial charge in [0.25, 0.3) is 0 Å². The minimum absolute atomic E-state index is 0.0309. The van der Waals surface area contributed by atoms with Crippen LogP contribution in [0.15, 0.2) is 47.6 Å². The second kappa shape index (κ2) is 6.21. The third-order valence-electron chi connectivity index (χ3n) is 3.56. The topological polar surface area (TPSA) is 100 Å². The van der Waals surface area contributed by atoms with Crippen LogP contribution in [-0.2, 0) is 15.6 Å². The standard InChI is InChI=1S/C16H14N2O4S2/c1-10-4-2-3-5-14(10)24(21,22)9-11-6-13(12-7-17-18-8-12)23-15(11)16(19)20/h2-8H,9H2,1H3,(H,17,18)(H,19,20). The van der Waals surface area contributed by atoms with Crippen LogP contribution in [0, 0.1) is 6.92 Å². The number of nitrogens with zero attached hydrogens (tertiary/aromatic N) is 1. The maximum absolute atomic E-state index is 12.7. The van der Waals surface area contributed by atoms with E-state index in [1.54, 1.807) is 43.6 Å². The zero-order valence-electron chi connectivity index (χ0n) is 12.7. The predicted molar refractivity (Wildman–Crippen MR) is 90.9 cm³/mol. The highest BCUT2D eigenvalue weighted by atomic mass is 32.2. The lowest BCUT2D eigenvalue weighted by Gasteiger charge is -2.07. The summed E-state index contributed by atoms with van der Waals surface area (Å²) in [6.07, 6.45) is 3.20. The average Bonchev–Trinajstić information content (AvgIpc) is 3.16. The fraction of sp³-hybridized carbons (Fsp3) is 0.125. The van der Waals surface area contributed by atoms with Crippen LogP contribution in [-0.4, -0.2) is 29.7 Å². The van der Waals surface area contributed by atoms with Crippen molar-refractivity contribution in [3.63, 3.8) is 0 Å². The van der Waals surface area contributed by atoms with Crippen LogP contribution in [0.5, 0.6) is 0 Å². The Balaban J connectivity index is 2.03. The highest BCUT2D eigenvalue weighted by molar-refractivity contribution is 7.90. The Labute approximate surface area is 142 Å². The maximum atomic E-state index is 12.7. The van der Waals surface area contributed by atoms with Gasteiger partial charge in [-0.3, -0.25) is 5.10 Å². The monoisotopic (exact) mass is 362 g/mol. The van der Waals surface area contributed by atoms with Gasteiger partial charge in [0, 0.05) is 16.6 Å². The van der Waals surface area contributed by atoms with Crippen molar-refractivity contribution >= 4 is 27.1 Å². The zero-order chi connectivity index (χ0) is 17.3. The molecule has 24 heavy (non-hydrogen) atoms. The third-order valence-corrected chi connectivity index (χ3v) is 6.59. The van der Waals surface area contributed by atoms with E-state index in [2.05, 4.69) is 10.2 Å². The van der Waals surface area contributed by atoms with Gasteiger partial charge in [-0.15, -0.1) is 11.3 Å². The fourth-order valence-electron chi connectivity index (χ4n) is 2.43. The first-order valence-electron chi connectivity index (χ1n) is 7.02. The molecule has 1 aromatic carbocycles. The third kappa shape index (κ3) is 3.10. The Bertz CT molecular complexity index is 989. The molecule has 2 aromatic heterocycles. The molecule has 0 saturated carbocycles. The van der Waals surface area contributed by atoms with Gasteiger partial charge in [0.2, 0.25) is 0 Å². The number of carboxylic acid groups (broad SMARTS) is 1. The molecule has 0 unspecified atom stereocenters. The summed E-state index contributed by atoms with van der Waals surface area (Å²) < 4.78 is 25.4. The summed E-state index contributed by atoms with van der Waals surface area (Å²) in [5.74, 6) is -1.49. The quantitative estimate of drug-likeness (QED) is 0.726. The predicted octanol–water partition coefficient (Wildman–Crippen LogP) is 3.12. The number of aromatic amines is 1. The van der Waals surface area contributed by atoms with Crippen molar-refractivity contribution in [1.82, 2.24) is 10.2 Å². The van der Waals surface area contributed by atoms with Gasteiger partial charge in [-0.25, -0.2) is 13.2 Å². The van der Waals surface area contributed by atoms with Crippen LogP contribution in [0.2, 0.25) is 0 Å². The fourth-order valence-corrected chi connectivity index (χ4v) is 5.16. The molecule has 0 fully saturated rings. The molecule has 124 valence electrons. The van der Waals surface area contributed by atoms with Gasteiger partial charge in [0.15, 0.2) is 9.84 Å². The largest absolute Gasteiger partial charge is 0.477 e. The van der Waals surface area contributed by atoms with Gasteiger partial charge in [-0.2, -0.15) is 5.10 Å². The SMILES string of the molecule is Cc1ccccc1S(=O)(=O)Cc1cc(-c2cn[nH]c2)sc1C(=O)O. The van der Waals surface area contributed by atoms with Crippen molar-refractivity contribution < 1.29 is 18.3 Å². The van der Waals surface area contributed by atoms with Gasteiger partial charge >= 0.3 is 5.97 Å². The number of thiophene rings is 1. The van der Waals surface area contributed by atoms with E-state index in [0.29, 0.717) is 10.4 Å². The minimum atomic E-state index is -3.64. The van der Waals surface area contributed by atoms with E-state index in [4.69, 9.17) is 0 Å². The lowest BCUT2D eigenvalue weighted by Crippen LogP contribution is -2.08. The Kier molecular flexibility index (Phi) is 4.25. The van der Waals surface area contributed by atoms with E-state index in [9.17, 15) is 18.3 Å². The van der Waals surface area contributed by atoms with Gasteiger partial charge in [-0.05, 0) is 30.2 Å². The first kappa shape index (κ1) is 16.4. The maximum Gasteiger partial charge on any atom is 0.346 e. The van der Waals surface area contributed by atoms with Crippen molar-refractivity contribution in [2.24, 2.45) is 0 Å². The second-order valence-corrected chi connectivity index (χ2v) is 8.29. The molecule has 3 aromatic rings. The van der Waals surface area contributed by atoms with Crippen LogP contribution < -0.4 is 0 Å². The Morgan fingerprint density at radius 3 is 2.71 bits per heavy atom. The number of H-pyrrole nitrogens is 1. The number of sulfone groups is 1. The Hall–Kier alpha value is -2.45. The summed E-state index contributed by atoms with van der Waals surface area (Å²) in [4.78, 5) is 12.4. The highest BCUT2D eigenvalue weighted by Gasteiger charge is 2.24. The van der Waals surface area contributed by atoms with Crippen molar-refractivity contribution in [3.8, 4) is 10.4 Å². The zero-order valence-corrected chi connectivity index (χ0v) is 14.3. The molecule has 8 heteroatoms. The first-order valence-corrected chi connectivity index (χ1v) is 9.49. The summed E-state index contributed by atoms with van der Waals surface area (Å²) >= 11 is 1.04. The summed E-state index contributed by atoms with van der Waals surface area (Å²) in [5, 5.41) is 15.9. The number of rotatable bonds is 5. The molecule has 2 N–H and O–H groups in total. The summed E-state index contributed by atoms with van der Waals surface area (Å²) in [5.41, 5.74) is 1.65. The molecule has 0 aliphatic carbocycles. The van der Waals surface area contributed by atoms with Gasteiger partial charge in [0.05, 0.1) is 16.8 Å². The summed E-state index contributed by atoms with van der Waals surface area (Å²) in [6.45, 7) is 1.72. The number of aryl methyl sites for hydroxylation is 1. The first-order chi connectivity index (χ1) is 11.4. The van der Waals surface area contributed by atoms with Gasteiger partial charge in [-0.1, -0.05) is 18.2 Å². The molecule has 0 aliphatic rings. The molecular weight excluding hydrogens is 348 g/mol. The van der Waals surface area contributed by atoms with Gasteiger partial charge < -0.3 is 5.11 Å². The molecular formula is C16H14N2O4S2. The summed E-state index contributed by atoms with van der Waals surface area (Å²) in [7, 11) is -3.64. The second-order valence-electron chi connectivity index (χ2n) is 5.28. The van der Waals surface area contributed by atoms with Crippen molar-refractivity contribution in [2.45, 2.75) is 17.6 Å². The number of hydrogen-bond donors (Lipinski definition) is 2. The molecule has 0 bridgehead atoms. The van der Waals surface area contributed by atoms with E-state index in [1.165, 1.54) is 6.07 Å². The number of carbonyl (C=O) groups is 1. The lowest BCUT2D eigenvalue weighted by molar-refractivity contribution is 0.0701. The molecule has 0 amide bonds. The average molecular weight is 362 g/mol. The molecule has 0 saturated heterocycles. The molecule has 6 nitrogen and oxygen atoms in total. The van der Waals surface area contributed by atoms with E-state index >= 15 is 0 Å². The van der Waals surface area contributed by atoms with E-state index in [1.807, 2.05) is 0 Å². The minimum Gasteiger partial charge on any atom is -0.477 e. The van der Waals surface area contributed by atoms with E-state index < -0.39 is 15.8 Å². The number of aromatic nitrogens is 2. The molecule has 0 atom stereocenters. The smallest absolute Gasteiger partial charge is 0.346 e. The molecule has 0 spiro atoms. The van der Waals surface area contributed by atoms with Crippen molar-refractivity contribution in [3.05, 3.63) is 58.7 Å². The highest BCUT2D eigenvalue weighted by Crippen LogP contribution is 2.33. The molecule has 0 radical (unpaired) electrons. The number of carboxylic acids is 1. The summed E-state index contributed by atoms with van der Waals surface area (Å²) in [6, 6.07) is 8.28. The number of aromatic carboxylic acids is 1. The molecule has 3 rings (SSSR count). The van der Waals surface area contributed by atoms with E-state index in [-0.39, 0.29) is 21.1 Å². The van der Waals surface area contributed by atoms with Crippen molar-refractivity contribution in [2.75, 3.05) is 0 Å². The van der Waals surface area contributed by atoms with E-state index in [0.717, 1.165) is 16.9 Å². The van der Waals surface area contributed by atoms with Crippen LogP contribution in [0.1, 0.15) is 20.8 Å². The number of nitrogens with one attached hydrogen (secondary N) is 1. The van der Waals surface area contributed by atoms with Crippen LogP contribution in [0.4, 0.5) is 0 Å². The molecule has 2 heterocycles. The van der Waals surface area contributed by atoms with Gasteiger partial charge in [0.1, 0.15) is 4.88 Å². The lowest BCUT2D eigenvalue weighted by atomic mass is 10.2. The number of hydrogen-bond acceptors (Lipinski definition) is 5.